The Morgan fingerprint density at radius 2 is 1.62 bits per heavy atom. The van der Waals surface area contributed by atoms with E-state index in [4.69, 9.17) is 16.7 Å². The quantitative estimate of drug-likeness (QED) is 0.370. The number of rotatable bonds is 4. The fraction of sp³-hybridized carbons (Fsp3) is 0. The molecule has 0 atom stereocenters. The maximum atomic E-state index is 12.2. The van der Waals surface area contributed by atoms with Crippen molar-refractivity contribution in [3.05, 3.63) is 107 Å². The van der Waals surface area contributed by atoms with Crippen LogP contribution in [0.15, 0.2) is 101 Å². The molecule has 1 aliphatic heterocycles. The zero-order valence-electron chi connectivity index (χ0n) is 16.8. The molecule has 0 radical (unpaired) electrons. The standard InChI is InChI=1S/C25H17ClN4OS/c26-19-13-11-17(12-14-19)23-18(16-30(29-23)21-9-5-2-6-10-21)15-22-24(28-25(31)32-22)27-20-7-3-1-4-8-20/h1-16H,(H,27,28,31)/b22-15-. The molecule has 0 unspecified atom stereocenters. The van der Waals surface area contributed by atoms with Gasteiger partial charge in [0, 0.05) is 22.3 Å². The van der Waals surface area contributed by atoms with Gasteiger partial charge in [-0.15, -0.1) is 0 Å². The molecule has 2 heterocycles. The minimum Gasteiger partial charge on any atom is -0.300 e. The van der Waals surface area contributed by atoms with E-state index in [1.165, 1.54) is 0 Å². The van der Waals surface area contributed by atoms with Crippen molar-refractivity contribution in [2.45, 2.75) is 0 Å². The second-order valence-corrected chi connectivity index (χ2v) is 8.49. The third-order valence-electron chi connectivity index (χ3n) is 4.82. The number of amidine groups is 1. The van der Waals surface area contributed by atoms with Gasteiger partial charge in [-0.05, 0) is 54.2 Å². The number of carbonyl (C=O) groups is 1. The summed E-state index contributed by atoms with van der Waals surface area (Å²) >= 11 is 7.21. The molecular weight excluding hydrogens is 440 g/mol. The summed E-state index contributed by atoms with van der Waals surface area (Å²) in [6.07, 6.45) is 3.90. The summed E-state index contributed by atoms with van der Waals surface area (Å²) in [7, 11) is 0. The van der Waals surface area contributed by atoms with Crippen molar-refractivity contribution in [2.24, 2.45) is 4.99 Å². The number of carbonyl (C=O) groups excluding carboxylic acids is 1. The van der Waals surface area contributed by atoms with Crippen LogP contribution >= 0.6 is 23.4 Å². The molecule has 1 aromatic heterocycles. The second-order valence-electron chi connectivity index (χ2n) is 7.04. The van der Waals surface area contributed by atoms with E-state index in [0.717, 1.165) is 44.9 Å². The van der Waals surface area contributed by atoms with Gasteiger partial charge in [0.15, 0.2) is 0 Å². The van der Waals surface area contributed by atoms with Crippen LogP contribution in [0, 0.1) is 0 Å². The highest BCUT2D eigenvalue weighted by molar-refractivity contribution is 8.18. The molecule has 5 nitrogen and oxygen atoms in total. The van der Waals surface area contributed by atoms with Gasteiger partial charge in [-0.3, -0.25) is 4.79 Å². The van der Waals surface area contributed by atoms with Crippen LogP contribution in [0.4, 0.5) is 10.5 Å². The molecule has 5 rings (SSSR count). The third kappa shape index (κ3) is 4.37. The maximum Gasteiger partial charge on any atom is 0.289 e. The largest absolute Gasteiger partial charge is 0.300 e. The first-order valence-corrected chi connectivity index (χ1v) is 11.1. The molecule has 0 spiro atoms. The van der Waals surface area contributed by atoms with Gasteiger partial charge in [-0.2, -0.15) is 5.10 Å². The Kier molecular flexibility index (Phi) is 5.62. The first-order valence-electron chi connectivity index (χ1n) is 9.91. The van der Waals surface area contributed by atoms with E-state index >= 15 is 0 Å². The van der Waals surface area contributed by atoms with E-state index in [2.05, 4.69) is 10.3 Å². The Balaban J connectivity index is 1.62. The number of halogens is 1. The number of thioether (sulfide) groups is 1. The van der Waals surface area contributed by atoms with Crippen molar-refractivity contribution in [3.8, 4) is 16.9 Å². The molecular formula is C25H17ClN4OS. The molecule has 1 saturated heterocycles. The Morgan fingerprint density at radius 3 is 2.34 bits per heavy atom. The number of amides is 1. The molecule has 7 heteroatoms. The lowest BCUT2D eigenvalue weighted by Crippen LogP contribution is -2.18. The number of nitrogens with zero attached hydrogens (tertiary/aromatic N) is 3. The Labute approximate surface area is 194 Å². The minimum atomic E-state index is -0.158. The Morgan fingerprint density at radius 1 is 0.938 bits per heavy atom. The number of hydrogen-bond donors (Lipinski definition) is 1. The molecule has 0 saturated carbocycles. The Hall–Kier alpha value is -3.61. The maximum absolute atomic E-state index is 12.2. The van der Waals surface area contributed by atoms with E-state index < -0.39 is 0 Å². The van der Waals surface area contributed by atoms with Crippen molar-refractivity contribution < 1.29 is 4.79 Å². The van der Waals surface area contributed by atoms with E-state index in [-0.39, 0.29) is 5.24 Å². The average Bonchev–Trinajstić information content (AvgIpc) is 3.39. The molecule has 32 heavy (non-hydrogen) atoms. The smallest absolute Gasteiger partial charge is 0.289 e. The third-order valence-corrected chi connectivity index (χ3v) is 5.89. The van der Waals surface area contributed by atoms with Gasteiger partial charge in [0.05, 0.1) is 22.0 Å². The fourth-order valence-electron chi connectivity index (χ4n) is 3.32. The van der Waals surface area contributed by atoms with Crippen LogP contribution in [0.1, 0.15) is 5.56 Å². The van der Waals surface area contributed by atoms with Crippen LogP contribution in [0.2, 0.25) is 5.02 Å². The van der Waals surface area contributed by atoms with Crippen molar-refractivity contribution >= 4 is 46.2 Å². The molecule has 0 aliphatic carbocycles. The molecule has 3 aromatic carbocycles. The normalized spacial score (nSPS) is 16.0. The van der Waals surface area contributed by atoms with Gasteiger partial charge in [-0.1, -0.05) is 60.1 Å². The van der Waals surface area contributed by atoms with Crippen LogP contribution in [-0.2, 0) is 0 Å². The topological polar surface area (TPSA) is 59.3 Å². The summed E-state index contributed by atoms with van der Waals surface area (Å²) in [5, 5.41) is 8.17. The summed E-state index contributed by atoms with van der Waals surface area (Å²) < 4.78 is 1.83. The van der Waals surface area contributed by atoms with E-state index in [9.17, 15) is 4.79 Å². The molecule has 1 fully saturated rings. The van der Waals surface area contributed by atoms with Gasteiger partial charge in [0.1, 0.15) is 5.84 Å². The predicted octanol–water partition coefficient (Wildman–Crippen LogP) is 6.72. The SMILES string of the molecule is O=C1NC(=Nc2ccccc2)/C(=C/c2cn(-c3ccccc3)nc2-c2ccc(Cl)cc2)S1. The summed E-state index contributed by atoms with van der Waals surface area (Å²) in [5.41, 5.74) is 4.31. The monoisotopic (exact) mass is 456 g/mol. The van der Waals surface area contributed by atoms with E-state index in [1.54, 1.807) is 0 Å². The average molecular weight is 457 g/mol. The summed E-state index contributed by atoms with van der Waals surface area (Å²) in [4.78, 5) is 17.5. The Bertz CT molecular complexity index is 1330. The van der Waals surface area contributed by atoms with Crippen LogP contribution in [0.3, 0.4) is 0 Å². The highest BCUT2D eigenvalue weighted by Gasteiger charge is 2.24. The highest BCUT2D eigenvalue weighted by atomic mass is 35.5. The van der Waals surface area contributed by atoms with Crippen LogP contribution in [0.5, 0.6) is 0 Å². The fourth-order valence-corrected chi connectivity index (χ4v) is 4.18. The van der Waals surface area contributed by atoms with Gasteiger partial charge in [-0.25, -0.2) is 9.67 Å². The number of nitrogens with one attached hydrogen (secondary N) is 1. The molecule has 1 aliphatic rings. The van der Waals surface area contributed by atoms with Crippen LogP contribution in [0.25, 0.3) is 23.0 Å². The molecule has 0 bridgehead atoms. The lowest BCUT2D eigenvalue weighted by molar-refractivity contribution is 0.265. The van der Waals surface area contributed by atoms with Gasteiger partial charge >= 0.3 is 0 Å². The first-order chi connectivity index (χ1) is 15.7. The van der Waals surface area contributed by atoms with Crippen LogP contribution < -0.4 is 5.32 Å². The van der Waals surface area contributed by atoms with Crippen molar-refractivity contribution in [3.63, 3.8) is 0 Å². The summed E-state index contributed by atoms with van der Waals surface area (Å²) in [6.45, 7) is 0. The van der Waals surface area contributed by atoms with Crippen molar-refractivity contribution in [1.82, 2.24) is 15.1 Å². The summed E-state index contributed by atoms with van der Waals surface area (Å²) in [6, 6.07) is 27.0. The van der Waals surface area contributed by atoms with Gasteiger partial charge in [0.2, 0.25) is 0 Å². The van der Waals surface area contributed by atoms with Crippen molar-refractivity contribution in [2.75, 3.05) is 0 Å². The van der Waals surface area contributed by atoms with E-state index in [1.807, 2.05) is 102 Å². The zero-order chi connectivity index (χ0) is 21.9. The van der Waals surface area contributed by atoms with Crippen molar-refractivity contribution in [1.29, 1.82) is 0 Å². The highest BCUT2D eigenvalue weighted by Crippen LogP contribution is 2.32. The number of para-hydroxylation sites is 2. The number of aliphatic imine (C=N–C) groups is 1. The zero-order valence-corrected chi connectivity index (χ0v) is 18.3. The van der Waals surface area contributed by atoms with E-state index in [0.29, 0.717) is 10.9 Å². The predicted molar refractivity (Wildman–Crippen MR) is 132 cm³/mol. The number of benzene rings is 3. The number of hydrogen-bond acceptors (Lipinski definition) is 4. The van der Waals surface area contributed by atoms with Gasteiger partial charge < -0.3 is 5.32 Å². The number of aromatic nitrogens is 2. The lowest BCUT2D eigenvalue weighted by Gasteiger charge is -2.02. The minimum absolute atomic E-state index is 0.158. The van der Waals surface area contributed by atoms with Crippen LogP contribution in [-0.4, -0.2) is 20.9 Å². The summed E-state index contributed by atoms with van der Waals surface area (Å²) in [5.74, 6) is 0.528. The molecule has 156 valence electrons. The molecule has 1 amide bonds. The molecule has 4 aromatic rings. The van der Waals surface area contributed by atoms with Gasteiger partial charge in [0.25, 0.3) is 5.24 Å². The second kappa shape index (κ2) is 8.86. The first kappa shape index (κ1) is 20.3. The lowest BCUT2D eigenvalue weighted by atomic mass is 10.1. The molecule has 1 N–H and O–H groups in total.